The molecule has 5 rings (SSSR count). The Morgan fingerprint density at radius 1 is 1.03 bits per heavy atom. The largest absolute Gasteiger partial charge is 0.454 e. The number of benzene rings is 2. The fourth-order valence-electron chi connectivity index (χ4n) is 3.49. The Morgan fingerprint density at radius 2 is 1.85 bits per heavy atom. The summed E-state index contributed by atoms with van der Waals surface area (Å²) in [5, 5.41) is 10.5. The molecule has 2 aromatic heterocycles. The summed E-state index contributed by atoms with van der Waals surface area (Å²) in [4.78, 5) is 34.2. The molecular formula is C23H20N6O4S. The molecule has 4 aromatic rings. The summed E-state index contributed by atoms with van der Waals surface area (Å²) >= 11 is 1.19. The molecule has 1 aliphatic rings. The number of para-hydroxylation sites is 1. The number of anilines is 2. The molecule has 172 valence electrons. The van der Waals surface area contributed by atoms with Crippen molar-refractivity contribution in [3.63, 3.8) is 0 Å². The first-order valence-electron chi connectivity index (χ1n) is 10.4. The number of ether oxygens (including phenoxy) is 2. The Morgan fingerprint density at radius 3 is 2.74 bits per heavy atom. The molecule has 11 heteroatoms. The minimum atomic E-state index is -0.360. The van der Waals surface area contributed by atoms with Crippen LogP contribution in [0.2, 0.25) is 0 Å². The van der Waals surface area contributed by atoms with Crippen LogP contribution in [-0.2, 0) is 4.79 Å². The van der Waals surface area contributed by atoms with Crippen molar-refractivity contribution in [1.82, 2.24) is 19.6 Å². The summed E-state index contributed by atoms with van der Waals surface area (Å²) < 4.78 is 12.3. The third-order valence-corrected chi connectivity index (χ3v) is 5.85. The van der Waals surface area contributed by atoms with Gasteiger partial charge in [-0.2, -0.15) is 4.98 Å². The van der Waals surface area contributed by atoms with Gasteiger partial charge in [-0.15, -0.1) is 5.10 Å². The number of aryl methyl sites for hydroxylation is 2. The highest BCUT2D eigenvalue weighted by Crippen LogP contribution is 2.34. The van der Waals surface area contributed by atoms with Crippen LogP contribution < -0.4 is 20.1 Å². The molecule has 0 atom stereocenters. The van der Waals surface area contributed by atoms with E-state index < -0.39 is 0 Å². The van der Waals surface area contributed by atoms with Crippen LogP contribution in [0.5, 0.6) is 11.5 Å². The Labute approximate surface area is 198 Å². The highest BCUT2D eigenvalue weighted by molar-refractivity contribution is 7.99. The van der Waals surface area contributed by atoms with Gasteiger partial charge < -0.3 is 20.1 Å². The summed E-state index contributed by atoms with van der Waals surface area (Å²) in [6, 6.07) is 13.9. The van der Waals surface area contributed by atoms with E-state index in [9.17, 15) is 9.59 Å². The minimum Gasteiger partial charge on any atom is -0.454 e. The first kappa shape index (κ1) is 21.7. The fraction of sp³-hybridized carbons (Fsp3) is 0.174. The van der Waals surface area contributed by atoms with E-state index in [1.165, 1.54) is 11.8 Å². The highest BCUT2D eigenvalue weighted by atomic mass is 32.2. The number of thioether (sulfide) groups is 1. The predicted octanol–water partition coefficient (Wildman–Crippen LogP) is 3.45. The lowest BCUT2D eigenvalue weighted by Crippen LogP contribution is -2.19. The number of fused-ring (bicyclic) bond motifs is 2. The van der Waals surface area contributed by atoms with Crippen LogP contribution in [0.4, 0.5) is 11.4 Å². The van der Waals surface area contributed by atoms with Gasteiger partial charge in [0.25, 0.3) is 11.7 Å². The van der Waals surface area contributed by atoms with Crippen molar-refractivity contribution in [3.05, 3.63) is 65.5 Å². The lowest BCUT2D eigenvalue weighted by molar-refractivity contribution is -0.113. The topological polar surface area (TPSA) is 120 Å². The van der Waals surface area contributed by atoms with Crippen LogP contribution >= 0.6 is 11.8 Å². The van der Waals surface area contributed by atoms with Crippen molar-refractivity contribution < 1.29 is 19.1 Å². The van der Waals surface area contributed by atoms with Gasteiger partial charge in [0.2, 0.25) is 17.9 Å². The second-order valence-electron chi connectivity index (χ2n) is 7.55. The maximum absolute atomic E-state index is 12.9. The quantitative estimate of drug-likeness (QED) is 0.406. The molecule has 2 amide bonds. The number of nitrogens with one attached hydrogen (secondary N) is 2. The Kier molecular flexibility index (Phi) is 5.76. The molecule has 0 radical (unpaired) electrons. The third-order valence-electron chi connectivity index (χ3n) is 5.01. The van der Waals surface area contributed by atoms with Gasteiger partial charge in [0.05, 0.1) is 17.0 Å². The van der Waals surface area contributed by atoms with Gasteiger partial charge >= 0.3 is 0 Å². The second kappa shape index (κ2) is 9.02. The molecule has 0 saturated heterocycles. The average Bonchev–Trinajstić information content (AvgIpc) is 3.44. The molecular weight excluding hydrogens is 456 g/mol. The molecule has 34 heavy (non-hydrogen) atoms. The number of carbonyl (C=O) groups excluding carboxylic acids is 2. The van der Waals surface area contributed by atoms with Crippen LogP contribution in [-0.4, -0.2) is 43.9 Å². The van der Waals surface area contributed by atoms with Crippen molar-refractivity contribution in [2.75, 3.05) is 23.2 Å². The molecule has 0 bridgehead atoms. The molecule has 0 unspecified atom stereocenters. The number of carbonyl (C=O) groups is 2. The molecule has 0 aliphatic carbocycles. The van der Waals surface area contributed by atoms with Crippen molar-refractivity contribution in [3.8, 4) is 11.5 Å². The molecule has 0 fully saturated rings. The van der Waals surface area contributed by atoms with E-state index in [-0.39, 0.29) is 24.4 Å². The number of aromatic nitrogens is 4. The maximum Gasteiger partial charge on any atom is 0.257 e. The lowest BCUT2D eigenvalue weighted by Gasteiger charge is -2.11. The van der Waals surface area contributed by atoms with Gasteiger partial charge in [0, 0.05) is 23.1 Å². The van der Waals surface area contributed by atoms with Crippen LogP contribution in [0.15, 0.2) is 53.7 Å². The fourth-order valence-corrected chi connectivity index (χ4v) is 4.11. The van der Waals surface area contributed by atoms with Gasteiger partial charge in [-0.3, -0.25) is 9.59 Å². The zero-order valence-corrected chi connectivity index (χ0v) is 19.2. The number of rotatable bonds is 6. The van der Waals surface area contributed by atoms with Crippen molar-refractivity contribution in [2.24, 2.45) is 0 Å². The summed E-state index contributed by atoms with van der Waals surface area (Å²) in [5.74, 6) is 1.12. The Hall–Kier alpha value is -4.12. The zero-order valence-electron chi connectivity index (χ0n) is 18.4. The van der Waals surface area contributed by atoms with E-state index in [4.69, 9.17) is 9.47 Å². The van der Waals surface area contributed by atoms with Gasteiger partial charge in [0.1, 0.15) is 0 Å². The monoisotopic (exact) mass is 476 g/mol. The Bertz CT molecular complexity index is 1420. The summed E-state index contributed by atoms with van der Waals surface area (Å²) in [7, 11) is 0. The van der Waals surface area contributed by atoms with Gasteiger partial charge in [-0.25, -0.2) is 9.50 Å². The van der Waals surface area contributed by atoms with Crippen LogP contribution in [0.3, 0.4) is 0 Å². The molecule has 10 nitrogen and oxygen atoms in total. The van der Waals surface area contributed by atoms with E-state index in [1.54, 1.807) is 47.0 Å². The van der Waals surface area contributed by atoms with Crippen LogP contribution in [0.1, 0.15) is 21.7 Å². The molecule has 1 aliphatic heterocycles. The molecule has 2 N–H and O–H groups in total. The number of hydrogen-bond acceptors (Lipinski definition) is 8. The average molecular weight is 477 g/mol. The van der Waals surface area contributed by atoms with Crippen molar-refractivity contribution in [2.45, 2.75) is 19.0 Å². The van der Waals surface area contributed by atoms with Crippen molar-refractivity contribution >= 4 is 40.7 Å². The van der Waals surface area contributed by atoms with E-state index in [0.29, 0.717) is 39.4 Å². The second-order valence-corrected chi connectivity index (χ2v) is 8.49. The van der Waals surface area contributed by atoms with Gasteiger partial charge in [-0.1, -0.05) is 23.9 Å². The normalized spacial score (nSPS) is 12.1. The van der Waals surface area contributed by atoms with Crippen LogP contribution in [0, 0.1) is 13.8 Å². The highest BCUT2D eigenvalue weighted by Gasteiger charge is 2.17. The van der Waals surface area contributed by atoms with E-state index in [2.05, 4.69) is 25.7 Å². The first-order valence-corrected chi connectivity index (χ1v) is 11.4. The zero-order chi connectivity index (χ0) is 23.7. The summed E-state index contributed by atoms with van der Waals surface area (Å²) in [5.41, 5.74) is 3.06. The lowest BCUT2D eigenvalue weighted by atomic mass is 10.1. The van der Waals surface area contributed by atoms with Gasteiger partial charge in [0.15, 0.2) is 11.5 Å². The number of amides is 2. The van der Waals surface area contributed by atoms with E-state index in [0.717, 1.165) is 11.4 Å². The SMILES string of the molecule is Cc1cc(C)n2nc(SCC(=O)Nc3ccccc3C(=O)Nc3ccc4c(c3)OCO4)nc2n1. The molecule has 0 saturated carbocycles. The van der Waals surface area contributed by atoms with E-state index in [1.807, 2.05) is 19.9 Å². The smallest absolute Gasteiger partial charge is 0.257 e. The first-order chi connectivity index (χ1) is 16.5. The Balaban J connectivity index is 1.25. The number of hydrogen-bond donors (Lipinski definition) is 2. The molecule has 2 aromatic carbocycles. The van der Waals surface area contributed by atoms with Gasteiger partial charge in [-0.05, 0) is 44.2 Å². The van der Waals surface area contributed by atoms with E-state index >= 15 is 0 Å². The summed E-state index contributed by atoms with van der Waals surface area (Å²) in [6.07, 6.45) is 0. The molecule has 3 heterocycles. The third kappa shape index (κ3) is 4.50. The molecule has 0 spiro atoms. The minimum absolute atomic E-state index is 0.0764. The summed E-state index contributed by atoms with van der Waals surface area (Å²) in [6.45, 7) is 3.96. The predicted molar refractivity (Wildman–Crippen MR) is 127 cm³/mol. The standard InChI is InChI=1S/C23H20N6O4S/c1-13-9-14(2)29-22(24-13)27-23(28-29)34-11-20(30)26-17-6-4-3-5-16(17)21(31)25-15-7-8-18-19(10-15)33-12-32-18/h3-10H,11-12H2,1-2H3,(H,25,31)(H,26,30). The maximum atomic E-state index is 12.9. The van der Waals surface area contributed by atoms with Crippen molar-refractivity contribution in [1.29, 1.82) is 0 Å². The van der Waals surface area contributed by atoms with Crippen LogP contribution in [0.25, 0.3) is 5.78 Å². The number of nitrogens with zero attached hydrogens (tertiary/aromatic N) is 4.